The highest BCUT2D eigenvalue weighted by Crippen LogP contribution is 2.39. The van der Waals surface area contributed by atoms with Gasteiger partial charge in [-0.1, -0.05) is 6.07 Å². The molecule has 2 N–H and O–H groups in total. The van der Waals surface area contributed by atoms with Gasteiger partial charge in [0, 0.05) is 23.6 Å². The number of anilines is 1. The molecule has 3 aromatic rings. The van der Waals surface area contributed by atoms with Gasteiger partial charge < -0.3 is 19.5 Å². The number of pyridine rings is 1. The Kier molecular flexibility index (Phi) is 9.68. The average molecular weight is 491 g/mol. The van der Waals surface area contributed by atoms with E-state index < -0.39 is 0 Å². The van der Waals surface area contributed by atoms with E-state index in [1.54, 1.807) is 24.5 Å². The van der Waals surface area contributed by atoms with Crippen molar-refractivity contribution in [3.63, 3.8) is 0 Å². The first kappa shape index (κ1) is 26.5. The quantitative estimate of drug-likeness (QED) is 0.296. The predicted octanol–water partition coefficient (Wildman–Crippen LogP) is 5.29. The van der Waals surface area contributed by atoms with E-state index in [9.17, 15) is 4.79 Å². The van der Waals surface area contributed by atoms with Crippen molar-refractivity contribution >= 4 is 17.6 Å². The van der Waals surface area contributed by atoms with Gasteiger partial charge >= 0.3 is 0 Å². The molecule has 0 aliphatic carbocycles. The summed E-state index contributed by atoms with van der Waals surface area (Å²) in [5.74, 6) is 1.35. The molecule has 1 amide bonds. The van der Waals surface area contributed by atoms with E-state index in [1.807, 2.05) is 58.0 Å². The van der Waals surface area contributed by atoms with E-state index in [0.717, 1.165) is 16.8 Å². The molecule has 0 fully saturated rings. The molecule has 8 heteroatoms. The summed E-state index contributed by atoms with van der Waals surface area (Å²) in [5.41, 5.74) is 4.47. The minimum atomic E-state index is -0.357. The maximum absolute atomic E-state index is 13.4. The van der Waals surface area contributed by atoms with Crippen molar-refractivity contribution in [1.82, 2.24) is 10.3 Å². The van der Waals surface area contributed by atoms with Crippen LogP contribution >= 0.6 is 0 Å². The Morgan fingerprint density at radius 3 is 2.08 bits per heavy atom. The Hall–Kier alpha value is -4.07. The molecule has 0 spiro atoms. The highest BCUT2D eigenvalue weighted by Gasteiger charge is 2.19. The van der Waals surface area contributed by atoms with E-state index in [4.69, 9.17) is 14.2 Å². The number of hydrogen-bond acceptors (Lipinski definition) is 6. The molecule has 3 rings (SSSR count). The molecule has 0 unspecified atom stereocenters. The molecule has 36 heavy (non-hydrogen) atoms. The number of aromatic nitrogens is 1. The molecule has 0 aliphatic heterocycles. The fourth-order valence-electron chi connectivity index (χ4n) is 3.42. The number of amides is 1. The molecule has 0 bridgehead atoms. The Balaban J connectivity index is 1.92. The van der Waals surface area contributed by atoms with Gasteiger partial charge in [0.05, 0.1) is 26.4 Å². The molecule has 0 aliphatic rings. The third kappa shape index (κ3) is 7.21. The highest BCUT2D eigenvalue weighted by molar-refractivity contribution is 6.10. The van der Waals surface area contributed by atoms with Crippen LogP contribution in [0.2, 0.25) is 0 Å². The van der Waals surface area contributed by atoms with Gasteiger partial charge in [-0.3, -0.25) is 15.1 Å². The summed E-state index contributed by atoms with van der Waals surface area (Å²) in [4.78, 5) is 22.0. The van der Waals surface area contributed by atoms with Gasteiger partial charge in [-0.05, 0) is 87.7 Å². The summed E-state index contributed by atoms with van der Waals surface area (Å²) in [5, 5.41) is 6.15. The third-order valence-electron chi connectivity index (χ3n) is 5.34. The number of carbonyl (C=O) groups excluding carboxylic acids is 1. The minimum Gasteiger partial charge on any atom is -0.490 e. The summed E-state index contributed by atoms with van der Waals surface area (Å²) in [6.45, 7) is 11.4. The van der Waals surface area contributed by atoms with Crippen LogP contribution < -0.4 is 24.8 Å². The monoisotopic (exact) mass is 490 g/mol. The zero-order valence-electron chi connectivity index (χ0n) is 21.6. The number of carbonyl (C=O) groups is 1. The third-order valence-corrected chi connectivity index (χ3v) is 5.34. The van der Waals surface area contributed by atoms with Gasteiger partial charge in [-0.25, -0.2) is 4.99 Å². The Bertz CT molecular complexity index is 1170. The molecule has 1 aromatic heterocycles. The molecule has 1 heterocycles. The highest BCUT2D eigenvalue weighted by atomic mass is 16.5. The van der Waals surface area contributed by atoms with Crippen LogP contribution in [0.25, 0.3) is 0 Å². The first-order valence-corrected chi connectivity index (χ1v) is 12.1. The van der Waals surface area contributed by atoms with Crippen molar-refractivity contribution in [2.45, 2.75) is 41.2 Å². The Morgan fingerprint density at radius 1 is 0.861 bits per heavy atom. The van der Waals surface area contributed by atoms with Crippen molar-refractivity contribution in [2.75, 3.05) is 25.1 Å². The van der Waals surface area contributed by atoms with Gasteiger partial charge in [0.25, 0.3) is 5.91 Å². The fraction of sp³-hybridized carbons (Fsp3) is 0.321. The van der Waals surface area contributed by atoms with Crippen LogP contribution in [0.3, 0.4) is 0 Å². The van der Waals surface area contributed by atoms with Gasteiger partial charge in [-0.2, -0.15) is 0 Å². The number of benzene rings is 2. The molecule has 0 radical (unpaired) electrons. The van der Waals surface area contributed by atoms with E-state index in [1.165, 1.54) is 5.56 Å². The van der Waals surface area contributed by atoms with Crippen LogP contribution in [0, 0.1) is 13.8 Å². The minimum absolute atomic E-state index is 0.324. The summed E-state index contributed by atoms with van der Waals surface area (Å²) in [7, 11) is 0. The fourth-order valence-corrected chi connectivity index (χ4v) is 3.42. The number of aryl methyl sites for hydroxylation is 2. The molecule has 190 valence electrons. The lowest BCUT2D eigenvalue weighted by Crippen LogP contribution is -2.36. The second-order valence-corrected chi connectivity index (χ2v) is 8.00. The lowest BCUT2D eigenvalue weighted by Gasteiger charge is -2.18. The number of rotatable bonds is 10. The number of ether oxygens (including phenoxy) is 3. The number of guanidine groups is 1. The van der Waals surface area contributed by atoms with E-state index >= 15 is 0 Å². The summed E-state index contributed by atoms with van der Waals surface area (Å²) in [6, 6.07) is 13.1. The number of nitrogens with zero attached hydrogens (tertiary/aromatic N) is 2. The SMILES string of the molecule is CCOc1cc(C(=O)NC(=NCc2ccncc2)Nc2ccc(C)c(C)c2)cc(OCC)c1OCC. The maximum atomic E-state index is 13.4. The van der Waals surface area contributed by atoms with Gasteiger partial charge in [0.15, 0.2) is 11.5 Å². The molecule has 0 atom stereocenters. The van der Waals surface area contributed by atoms with Crippen molar-refractivity contribution in [2.24, 2.45) is 4.99 Å². The number of hydrogen-bond donors (Lipinski definition) is 2. The largest absolute Gasteiger partial charge is 0.490 e. The second-order valence-electron chi connectivity index (χ2n) is 8.00. The predicted molar refractivity (Wildman–Crippen MR) is 142 cm³/mol. The van der Waals surface area contributed by atoms with Crippen LogP contribution in [0.15, 0.2) is 59.9 Å². The van der Waals surface area contributed by atoms with Gasteiger partial charge in [0.2, 0.25) is 11.7 Å². The molecular weight excluding hydrogens is 456 g/mol. The Labute approximate surface area is 212 Å². The topological polar surface area (TPSA) is 94.1 Å². The van der Waals surface area contributed by atoms with Crippen molar-refractivity contribution in [1.29, 1.82) is 0 Å². The van der Waals surface area contributed by atoms with Crippen LogP contribution in [-0.4, -0.2) is 36.7 Å². The smallest absolute Gasteiger partial charge is 0.258 e. The van der Waals surface area contributed by atoms with Crippen LogP contribution in [0.1, 0.15) is 47.8 Å². The lowest BCUT2D eigenvalue weighted by molar-refractivity contribution is 0.0975. The maximum Gasteiger partial charge on any atom is 0.258 e. The summed E-state index contributed by atoms with van der Waals surface area (Å²) < 4.78 is 17.3. The molecule has 0 saturated carbocycles. The first-order valence-electron chi connectivity index (χ1n) is 12.1. The zero-order valence-corrected chi connectivity index (χ0v) is 21.6. The van der Waals surface area contributed by atoms with Crippen LogP contribution in [0.5, 0.6) is 17.2 Å². The first-order chi connectivity index (χ1) is 17.4. The second kappa shape index (κ2) is 13.1. The number of aliphatic imine (C=N–C) groups is 1. The standard InChI is InChI=1S/C28H34N4O4/c1-6-34-24-16-22(17-25(35-7-2)26(24)36-8-3)27(33)32-28(30-18-21-11-13-29-14-12-21)31-23-10-9-19(4)20(5)15-23/h9-17H,6-8,18H2,1-5H3,(H2,30,31,32,33). The molecular formula is C28H34N4O4. The van der Waals surface area contributed by atoms with Gasteiger partial charge in [-0.15, -0.1) is 0 Å². The number of nitrogens with one attached hydrogen (secondary N) is 2. The Morgan fingerprint density at radius 2 is 1.50 bits per heavy atom. The van der Waals surface area contributed by atoms with Crippen molar-refractivity contribution in [3.05, 3.63) is 77.1 Å². The molecule has 8 nitrogen and oxygen atoms in total. The lowest BCUT2D eigenvalue weighted by atomic mass is 10.1. The van der Waals surface area contributed by atoms with Crippen molar-refractivity contribution in [3.8, 4) is 17.2 Å². The zero-order chi connectivity index (χ0) is 25.9. The van der Waals surface area contributed by atoms with E-state index in [0.29, 0.717) is 55.1 Å². The summed E-state index contributed by atoms with van der Waals surface area (Å²) >= 11 is 0. The van der Waals surface area contributed by atoms with Crippen LogP contribution in [-0.2, 0) is 6.54 Å². The van der Waals surface area contributed by atoms with Gasteiger partial charge in [0.1, 0.15) is 0 Å². The van der Waals surface area contributed by atoms with Crippen molar-refractivity contribution < 1.29 is 19.0 Å². The normalized spacial score (nSPS) is 11.1. The van der Waals surface area contributed by atoms with E-state index in [-0.39, 0.29) is 5.91 Å². The molecule has 0 saturated heterocycles. The van der Waals surface area contributed by atoms with Crippen LogP contribution in [0.4, 0.5) is 5.69 Å². The molecule has 2 aromatic carbocycles. The summed E-state index contributed by atoms with van der Waals surface area (Å²) in [6.07, 6.45) is 3.43. The van der Waals surface area contributed by atoms with E-state index in [2.05, 4.69) is 27.5 Å². The average Bonchev–Trinajstić information content (AvgIpc) is 2.87.